The highest BCUT2D eigenvalue weighted by molar-refractivity contribution is 5.95. The summed E-state index contributed by atoms with van der Waals surface area (Å²) in [5.74, 6) is -0.554. The molecule has 1 amide bonds. The SMILES string of the molecule is CC[C@H](C)c1ccccc1NC(=O)COC(=O)/C=C/c1cccc(C)c1. The Morgan fingerprint density at radius 1 is 1.15 bits per heavy atom. The summed E-state index contributed by atoms with van der Waals surface area (Å²) in [4.78, 5) is 23.9. The number of hydrogen-bond acceptors (Lipinski definition) is 3. The van der Waals surface area contributed by atoms with E-state index in [1.807, 2.05) is 55.5 Å². The van der Waals surface area contributed by atoms with E-state index in [1.165, 1.54) is 6.08 Å². The first-order valence-corrected chi connectivity index (χ1v) is 8.80. The zero-order valence-corrected chi connectivity index (χ0v) is 15.5. The van der Waals surface area contributed by atoms with Gasteiger partial charge in [-0.3, -0.25) is 4.79 Å². The summed E-state index contributed by atoms with van der Waals surface area (Å²) in [6.45, 7) is 5.88. The van der Waals surface area contributed by atoms with Crippen molar-refractivity contribution in [3.8, 4) is 0 Å². The molecule has 0 aromatic heterocycles. The molecule has 0 aliphatic carbocycles. The monoisotopic (exact) mass is 351 g/mol. The summed E-state index contributed by atoms with van der Waals surface area (Å²) in [5, 5.41) is 2.82. The highest BCUT2D eigenvalue weighted by Gasteiger charge is 2.12. The van der Waals surface area contributed by atoms with Crippen LogP contribution in [0.5, 0.6) is 0 Å². The highest BCUT2D eigenvalue weighted by atomic mass is 16.5. The van der Waals surface area contributed by atoms with Gasteiger partial charge >= 0.3 is 5.97 Å². The number of carbonyl (C=O) groups is 2. The van der Waals surface area contributed by atoms with Crippen molar-refractivity contribution in [2.45, 2.75) is 33.1 Å². The molecule has 0 aliphatic rings. The predicted molar refractivity (Wildman–Crippen MR) is 105 cm³/mol. The normalized spacial score (nSPS) is 12.0. The van der Waals surface area contributed by atoms with Gasteiger partial charge in [-0.15, -0.1) is 0 Å². The van der Waals surface area contributed by atoms with Gasteiger partial charge < -0.3 is 10.1 Å². The van der Waals surface area contributed by atoms with Crippen LogP contribution >= 0.6 is 0 Å². The summed E-state index contributed by atoms with van der Waals surface area (Å²) in [5.41, 5.74) is 3.86. The smallest absolute Gasteiger partial charge is 0.331 e. The topological polar surface area (TPSA) is 55.4 Å². The third-order valence-electron chi connectivity index (χ3n) is 4.18. The Bertz CT molecular complexity index is 795. The minimum Gasteiger partial charge on any atom is -0.452 e. The summed E-state index contributed by atoms with van der Waals surface area (Å²) in [7, 11) is 0. The fourth-order valence-electron chi connectivity index (χ4n) is 2.57. The fourth-order valence-corrected chi connectivity index (χ4v) is 2.57. The van der Waals surface area contributed by atoms with E-state index in [-0.39, 0.29) is 12.5 Å². The molecule has 0 aliphatic heterocycles. The number of nitrogens with one attached hydrogen (secondary N) is 1. The van der Waals surface area contributed by atoms with Crippen LogP contribution in [0, 0.1) is 6.92 Å². The quantitative estimate of drug-likeness (QED) is 0.581. The van der Waals surface area contributed by atoms with Crippen LogP contribution in [-0.4, -0.2) is 18.5 Å². The molecule has 0 bridgehead atoms. The van der Waals surface area contributed by atoms with Gasteiger partial charge in [-0.2, -0.15) is 0 Å². The van der Waals surface area contributed by atoms with Crippen LogP contribution in [0.15, 0.2) is 54.6 Å². The molecule has 0 saturated heterocycles. The molecule has 26 heavy (non-hydrogen) atoms. The molecule has 0 heterocycles. The van der Waals surface area contributed by atoms with Crippen LogP contribution in [0.25, 0.3) is 6.08 Å². The average molecular weight is 351 g/mol. The maximum Gasteiger partial charge on any atom is 0.331 e. The maximum atomic E-state index is 12.1. The van der Waals surface area contributed by atoms with Crippen molar-refractivity contribution in [2.24, 2.45) is 0 Å². The summed E-state index contributed by atoms with van der Waals surface area (Å²) in [6, 6.07) is 15.4. The van der Waals surface area contributed by atoms with Gasteiger partial charge in [0.05, 0.1) is 0 Å². The summed E-state index contributed by atoms with van der Waals surface area (Å²) < 4.78 is 5.02. The predicted octanol–water partition coefficient (Wildman–Crippen LogP) is 4.70. The molecule has 2 rings (SSSR count). The number of benzene rings is 2. The second-order valence-electron chi connectivity index (χ2n) is 6.30. The number of para-hydroxylation sites is 1. The van der Waals surface area contributed by atoms with Crippen molar-refractivity contribution in [3.63, 3.8) is 0 Å². The molecule has 4 heteroatoms. The number of amides is 1. The Hall–Kier alpha value is -2.88. The van der Waals surface area contributed by atoms with Gasteiger partial charge in [0, 0.05) is 11.8 Å². The standard InChI is InChI=1S/C22H25NO3/c1-4-17(3)19-10-5-6-11-20(19)23-21(24)15-26-22(25)13-12-18-9-7-8-16(2)14-18/h5-14,17H,4,15H2,1-3H3,(H,23,24)/b13-12+/t17-/m0/s1. The lowest BCUT2D eigenvalue weighted by Gasteiger charge is -2.15. The number of aryl methyl sites for hydroxylation is 1. The fraction of sp³-hybridized carbons (Fsp3) is 0.273. The minimum absolute atomic E-state index is 0.314. The Balaban J connectivity index is 1.88. The molecule has 2 aromatic carbocycles. The van der Waals surface area contributed by atoms with E-state index in [0.29, 0.717) is 5.92 Å². The molecule has 0 saturated carbocycles. The van der Waals surface area contributed by atoms with Crippen molar-refractivity contribution in [1.82, 2.24) is 0 Å². The lowest BCUT2D eigenvalue weighted by Crippen LogP contribution is -2.21. The van der Waals surface area contributed by atoms with E-state index in [9.17, 15) is 9.59 Å². The third kappa shape index (κ3) is 5.88. The zero-order valence-electron chi connectivity index (χ0n) is 15.5. The van der Waals surface area contributed by atoms with Crippen LogP contribution in [0.4, 0.5) is 5.69 Å². The summed E-state index contributed by atoms with van der Waals surface area (Å²) in [6.07, 6.45) is 3.98. The van der Waals surface area contributed by atoms with Crippen molar-refractivity contribution in [3.05, 3.63) is 71.3 Å². The lowest BCUT2D eigenvalue weighted by atomic mass is 9.97. The second kappa shape index (κ2) is 9.56. The molecular formula is C22H25NO3. The molecule has 0 unspecified atom stereocenters. The van der Waals surface area contributed by atoms with Crippen molar-refractivity contribution in [2.75, 3.05) is 11.9 Å². The third-order valence-corrected chi connectivity index (χ3v) is 4.18. The number of esters is 1. The van der Waals surface area contributed by atoms with Crippen molar-refractivity contribution < 1.29 is 14.3 Å². The van der Waals surface area contributed by atoms with E-state index in [1.54, 1.807) is 6.08 Å². The summed E-state index contributed by atoms with van der Waals surface area (Å²) >= 11 is 0. The van der Waals surface area contributed by atoms with Crippen LogP contribution in [-0.2, 0) is 14.3 Å². The van der Waals surface area contributed by atoms with E-state index in [0.717, 1.165) is 28.8 Å². The number of rotatable bonds is 7. The second-order valence-corrected chi connectivity index (χ2v) is 6.30. The number of ether oxygens (including phenoxy) is 1. The van der Waals surface area contributed by atoms with Crippen molar-refractivity contribution in [1.29, 1.82) is 0 Å². The first kappa shape index (κ1) is 19.4. The Labute approximate surface area is 154 Å². The molecule has 0 radical (unpaired) electrons. The number of hydrogen-bond donors (Lipinski definition) is 1. The van der Waals surface area contributed by atoms with E-state index < -0.39 is 5.97 Å². The molecule has 1 atom stereocenters. The average Bonchev–Trinajstić information content (AvgIpc) is 2.64. The molecule has 0 fully saturated rings. The molecule has 136 valence electrons. The number of anilines is 1. The Kier molecular flexibility index (Phi) is 7.15. The van der Waals surface area contributed by atoms with Crippen molar-refractivity contribution >= 4 is 23.6 Å². The highest BCUT2D eigenvalue weighted by Crippen LogP contribution is 2.26. The zero-order chi connectivity index (χ0) is 18.9. The van der Waals surface area contributed by atoms with Crippen LogP contribution in [0.2, 0.25) is 0 Å². The lowest BCUT2D eigenvalue weighted by molar-refractivity contribution is -0.142. The molecule has 2 aromatic rings. The van der Waals surface area contributed by atoms with E-state index in [4.69, 9.17) is 4.74 Å². The number of carbonyl (C=O) groups excluding carboxylic acids is 2. The van der Waals surface area contributed by atoms with Gasteiger partial charge in [0.15, 0.2) is 6.61 Å². The molecular weight excluding hydrogens is 326 g/mol. The van der Waals surface area contributed by atoms with E-state index >= 15 is 0 Å². The Morgan fingerprint density at radius 3 is 2.65 bits per heavy atom. The van der Waals surface area contributed by atoms with Crippen LogP contribution < -0.4 is 5.32 Å². The first-order valence-electron chi connectivity index (χ1n) is 8.80. The van der Waals surface area contributed by atoms with Gasteiger partial charge in [-0.1, -0.05) is 61.9 Å². The van der Waals surface area contributed by atoms with E-state index in [2.05, 4.69) is 19.2 Å². The minimum atomic E-state index is -0.545. The van der Waals surface area contributed by atoms with Gasteiger partial charge in [-0.05, 0) is 42.5 Å². The van der Waals surface area contributed by atoms with Crippen LogP contribution in [0.1, 0.15) is 42.9 Å². The maximum absolute atomic E-state index is 12.1. The van der Waals surface area contributed by atoms with Gasteiger partial charge in [0.25, 0.3) is 5.91 Å². The van der Waals surface area contributed by atoms with Crippen LogP contribution in [0.3, 0.4) is 0 Å². The van der Waals surface area contributed by atoms with Gasteiger partial charge in [0.2, 0.25) is 0 Å². The molecule has 1 N–H and O–H groups in total. The Morgan fingerprint density at radius 2 is 1.92 bits per heavy atom. The van der Waals surface area contributed by atoms with Gasteiger partial charge in [-0.25, -0.2) is 4.79 Å². The van der Waals surface area contributed by atoms with Gasteiger partial charge in [0.1, 0.15) is 0 Å². The molecule has 0 spiro atoms. The first-order chi connectivity index (χ1) is 12.5. The molecule has 4 nitrogen and oxygen atoms in total. The largest absolute Gasteiger partial charge is 0.452 e.